The third kappa shape index (κ3) is 3.55. The number of aliphatic imine (C=N–C) groups is 2. The summed E-state index contributed by atoms with van der Waals surface area (Å²) in [5.41, 5.74) is 7.60. The van der Waals surface area contributed by atoms with Gasteiger partial charge >= 0.3 is 0 Å². The Morgan fingerprint density at radius 1 is 1.14 bits per heavy atom. The number of hydrogen-bond acceptors (Lipinski definition) is 7. The van der Waals surface area contributed by atoms with E-state index in [9.17, 15) is 0 Å². The third-order valence-corrected chi connectivity index (χ3v) is 5.84. The molecule has 0 amide bonds. The van der Waals surface area contributed by atoms with Gasteiger partial charge in [0.1, 0.15) is 12.5 Å². The predicted octanol–water partition coefficient (Wildman–Crippen LogP) is 2.87. The highest BCUT2D eigenvalue weighted by atomic mass is 15.4. The van der Waals surface area contributed by atoms with E-state index in [0.717, 1.165) is 35.4 Å². The summed E-state index contributed by atoms with van der Waals surface area (Å²) >= 11 is 0. The first-order valence-corrected chi connectivity index (χ1v) is 10.4. The summed E-state index contributed by atoms with van der Waals surface area (Å²) in [6, 6.07) is 8.15. The topological polar surface area (TPSA) is 98.8 Å². The number of aromatic nitrogens is 3. The van der Waals surface area contributed by atoms with E-state index < -0.39 is 0 Å². The van der Waals surface area contributed by atoms with Crippen molar-refractivity contribution in [2.24, 2.45) is 21.6 Å². The second kappa shape index (κ2) is 7.79. The van der Waals surface area contributed by atoms with E-state index in [1.807, 2.05) is 24.5 Å². The molecule has 8 heteroatoms. The molecular formula is C21H26N8. The fourth-order valence-corrected chi connectivity index (χ4v) is 4.34. The molecule has 3 heterocycles. The lowest BCUT2D eigenvalue weighted by Gasteiger charge is -2.30. The lowest BCUT2D eigenvalue weighted by atomic mass is 9.89. The van der Waals surface area contributed by atoms with Crippen LogP contribution < -0.4 is 10.6 Å². The molecule has 0 saturated heterocycles. The molecule has 1 aromatic carbocycles. The van der Waals surface area contributed by atoms with Gasteiger partial charge < -0.3 is 10.6 Å². The number of benzene rings is 1. The van der Waals surface area contributed by atoms with Crippen LogP contribution in [-0.4, -0.2) is 45.0 Å². The average Bonchev–Trinajstić information content (AvgIpc) is 3.42. The summed E-state index contributed by atoms with van der Waals surface area (Å²) in [5, 5.41) is 7.14. The van der Waals surface area contributed by atoms with Crippen molar-refractivity contribution in [2.75, 3.05) is 18.1 Å². The molecule has 2 aromatic rings. The van der Waals surface area contributed by atoms with Crippen LogP contribution in [0, 0.1) is 5.92 Å². The SMILES string of the molecule is NCc1nc(-c2cccc(N3C=CN=C4C3=NCN4CC3CCCCC3)c2)n[nH]1. The summed E-state index contributed by atoms with van der Waals surface area (Å²) in [4.78, 5) is 18.3. The second-order valence-corrected chi connectivity index (χ2v) is 7.83. The van der Waals surface area contributed by atoms with Crippen LogP contribution >= 0.6 is 0 Å². The summed E-state index contributed by atoms with van der Waals surface area (Å²) in [6.45, 7) is 2.07. The molecular weight excluding hydrogens is 364 g/mol. The van der Waals surface area contributed by atoms with Gasteiger partial charge in [-0.3, -0.25) is 10.00 Å². The van der Waals surface area contributed by atoms with Crippen LogP contribution in [0.15, 0.2) is 46.7 Å². The van der Waals surface area contributed by atoms with E-state index in [1.54, 1.807) is 0 Å². The van der Waals surface area contributed by atoms with E-state index >= 15 is 0 Å². The van der Waals surface area contributed by atoms with Gasteiger partial charge in [-0.2, -0.15) is 5.10 Å². The van der Waals surface area contributed by atoms with Crippen molar-refractivity contribution in [1.82, 2.24) is 20.1 Å². The van der Waals surface area contributed by atoms with Gasteiger partial charge in [0.05, 0.1) is 6.54 Å². The summed E-state index contributed by atoms with van der Waals surface area (Å²) in [6.07, 6.45) is 10.6. The highest BCUT2D eigenvalue weighted by Crippen LogP contribution is 2.29. The number of amidine groups is 2. The highest BCUT2D eigenvalue weighted by Gasteiger charge is 2.31. The van der Waals surface area contributed by atoms with E-state index in [-0.39, 0.29) is 0 Å². The zero-order valence-corrected chi connectivity index (χ0v) is 16.5. The van der Waals surface area contributed by atoms with Crippen LogP contribution in [0.3, 0.4) is 0 Å². The standard InChI is InChI=1S/C21H26N8/c22-12-18-25-19(27-26-18)16-7-4-8-17(11-16)29-10-9-23-20-21(29)24-14-28(20)13-15-5-2-1-3-6-15/h4,7-11,15H,1-3,5-6,12-14,22H2,(H,25,26,27). The molecule has 0 spiro atoms. The maximum absolute atomic E-state index is 5.64. The third-order valence-electron chi connectivity index (χ3n) is 5.84. The number of aromatic amines is 1. The van der Waals surface area contributed by atoms with Gasteiger partial charge in [0.15, 0.2) is 17.5 Å². The fraction of sp³-hybridized carbons (Fsp3) is 0.429. The number of nitrogens with one attached hydrogen (secondary N) is 1. The monoisotopic (exact) mass is 390 g/mol. The fourth-order valence-electron chi connectivity index (χ4n) is 4.34. The first-order valence-electron chi connectivity index (χ1n) is 10.4. The Morgan fingerprint density at radius 2 is 2.03 bits per heavy atom. The molecule has 1 saturated carbocycles. The molecule has 150 valence electrons. The van der Waals surface area contributed by atoms with Crippen molar-refractivity contribution < 1.29 is 0 Å². The van der Waals surface area contributed by atoms with Crippen molar-refractivity contribution in [3.05, 3.63) is 42.5 Å². The Bertz CT molecular complexity index is 967. The molecule has 29 heavy (non-hydrogen) atoms. The molecule has 0 bridgehead atoms. The van der Waals surface area contributed by atoms with Crippen LogP contribution in [0.25, 0.3) is 11.4 Å². The zero-order valence-electron chi connectivity index (χ0n) is 16.5. The molecule has 0 unspecified atom stereocenters. The molecule has 1 aliphatic carbocycles. The van der Waals surface area contributed by atoms with E-state index in [2.05, 4.69) is 42.1 Å². The van der Waals surface area contributed by atoms with Crippen LogP contribution in [0.2, 0.25) is 0 Å². The smallest absolute Gasteiger partial charge is 0.181 e. The number of nitrogens with two attached hydrogens (primary N) is 1. The van der Waals surface area contributed by atoms with Crippen LogP contribution in [0.4, 0.5) is 5.69 Å². The minimum atomic E-state index is 0.342. The number of fused-ring (bicyclic) bond motifs is 1. The Labute approximate surface area is 170 Å². The molecule has 1 fully saturated rings. The maximum atomic E-state index is 5.64. The van der Waals surface area contributed by atoms with Crippen LogP contribution in [0.1, 0.15) is 37.9 Å². The first kappa shape index (κ1) is 18.1. The van der Waals surface area contributed by atoms with Gasteiger partial charge in [-0.1, -0.05) is 31.4 Å². The minimum Gasteiger partial charge on any atom is -0.334 e. The maximum Gasteiger partial charge on any atom is 0.181 e. The lowest BCUT2D eigenvalue weighted by Crippen LogP contribution is -2.41. The van der Waals surface area contributed by atoms with Gasteiger partial charge in [0.25, 0.3) is 0 Å². The Morgan fingerprint density at radius 3 is 2.86 bits per heavy atom. The molecule has 1 aromatic heterocycles. The molecule has 8 nitrogen and oxygen atoms in total. The zero-order chi connectivity index (χ0) is 19.6. The van der Waals surface area contributed by atoms with Gasteiger partial charge in [0, 0.05) is 30.2 Å². The number of H-pyrrole nitrogens is 1. The first-order chi connectivity index (χ1) is 14.3. The molecule has 2 aliphatic heterocycles. The van der Waals surface area contributed by atoms with Crippen LogP contribution in [-0.2, 0) is 6.54 Å². The number of anilines is 1. The summed E-state index contributed by atoms with van der Waals surface area (Å²) in [7, 11) is 0. The van der Waals surface area contributed by atoms with E-state index in [0.29, 0.717) is 24.9 Å². The molecule has 0 radical (unpaired) electrons. The molecule has 5 rings (SSSR count). The molecule has 0 atom stereocenters. The number of rotatable bonds is 5. The largest absolute Gasteiger partial charge is 0.334 e. The van der Waals surface area contributed by atoms with Crippen molar-refractivity contribution in [3.63, 3.8) is 0 Å². The van der Waals surface area contributed by atoms with Gasteiger partial charge in [-0.25, -0.2) is 15.0 Å². The van der Waals surface area contributed by atoms with E-state index in [1.165, 1.54) is 32.1 Å². The van der Waals surface area contributed by atoms with Crippen LogP contribution in [0.5, 0.6) is 0 Å². The van der Waals surface area contributed by atoms with E-state index in [4.69, 9.17) is 10.7 Å². The normalized spacial score (nSPS) is 19.3. The second-order valence-electron chi connectivity index (χ2n) is 7.83. The molecule has 3 aliphatic rings. The van der Waals surface area contributed by atoms with Crippen molar-refractivity contribution in [3.8, 4) is 11.4 Å². The van der Waals surface area contributed by atoms with Gasteiger partial charge in [-0.05, 0) is 30.9 Å². The number of nitrogens with zero attached hydrogens (tertiary/aromatic N) is 6. The predicted molar refractivity (Wildman–Crippen MR) is 114 cm³/mol. The number of hydrogen-bond donors (Lipinski definition) is 2. The van der Waals surface area contributed by atoms with Crippen molar-refractivity contribution >= 4 is 17.4 Å². The molecule has 3 N–H and O–H groups in total. The Kier molecular flexibility index (Phi) is 4.85. The minimum absolute atomic E-state index is 0.342. The Balaban J connectivity index is 1.36. The van der Waals surface area contributed by atoms with Gasteiger partial charge in [-0.15, -0.1) is 0 Å². The Hall–Kier alpha value is -3.00. The lowest BCUT2D eigenvalue weighted by molar-refractivity contribution is 0.282. The highest BCUT2D eigenvalue weighted by molar-refractivity contribution is 6.47. The van der Waals surface area contributed by atoms with Gasteiger partial charge in [0.2, 0.25) is 0 Å². The summed E-state index contributed by atoms with van der Waals surface area (Å²) in [5.74, 6) is 3.97. The summed E-state index contributed by atoms with van der Waals surface area (Å²) < 4.78 is 0. The quantitative estimate of drug-likeness (QED) is 0.818. The van der Waals surface area contributed by atoms with Crippen molar-refractivity contribution in [2.45, 2.75) is 38.6 Å². The van der Waals surface area contributed by atoms with Crippen molar-refractivity contribution in [1.29, 1.82) is 0 Å². The average molecular weight is 390 g/mol.